The van der Waals surface area contributed by atoms with Crippen molar-refractivity contribution in [2.45, 2.75) is 13.5 Å². The minimum absolute atomic E-state index is 0.0398. The van der Waals surface area contributed by atoms with Crippen LogP contribution in [0.2, 0.25) is 0 Å². The number of benzene rings is 3. The Morgan fingerprint density at radius 2 is 1.83 bits per heavy atom. The number of nitrogens with one attached hydrogen (secondary N) is 1. The molecule has 0 bridgehead atoms. The molecule has 4 nitrogen and oxygen atoms in total. The maximum absolute atomic E-state index is 12.4. The number of hydrogen-bond acceptors (Lipinski definition) is 3. The van der Waals surface area contributed by atoms with Crippen LogP contribution in [0.15, 0.2) is 78.4 Å². The van der Waals surface area contributed by atoms with Crippen molar-refractivity contribution in [2.75, 3.05) is 5.32 Å². The molecule has 0 saturated carbocycles. The molecule has 3 aromatic rings. The topological polar surface area (TPSA) is 62.1 Å². The van der Waals surface area contributed by atoms with Crippen LogP contribution in [0.5, 0.6) is 5.75 Å². The molecule has 0 unspecified atom stereocenters. The molecule has 0 atom stereocenters. The Hall–Kier alpha value is -3.11. The summed E-state index contributed by atoms with van der Waals surface area (Å²) >= 11 is 2.19. The molecule has 1 N–H and O–H groups in total. The number of para-hydroxylation sites is 1. The summed E-state index contributed by atoms with van der Waals surface area (Å²) in [5.41, 5.74) is 3.76. The highest BCUT2D eigenvalue weighted by atomic mass is 127. The van der Waals surface area contributed by atoms with Crippen molar-refractivity contribution in [2.24, 2.45) is 0 Å². The number of aryl methyl sites for hydroxylation is 1. The molecule has 0 fully saturated rings. The zero-order valence-corrected chi connectivity index (χ0v) is 18.0. The van der Waals surface area contributed by atoms with Crippen molar-refractivity contribution in [1.29, 1.82) is 5.26 Å². The zero-order valence-electron chi connectivity index (χ0n) is 15.9. The van der Waals surface area contributed by atoms with E-state index in [9.17, 15) is 10.1 Å². The normalized spacial score (nSPS) is 10.9. The summed E-state index contributed by atoms with van der Waals surface area (Å²) in [6.07, 6.45) is 1.57. The van der Waals surface area contributed by atoms with E-state index < -0.39 is 5.91 Å². The Bertz CT molecular complexity index is 1070. The summed E-state index contributed by atoms with van der Waals surface area (Å²) in [6.45, 7) is 2.53. The second-order valence-electron chi connectivity index (χ2n) is 6.45. The molecule has 3 aromatic carbocycles. The van der Waals surface area contributed by atoms with Crippen molar-refractivity contribution in [3.8, 4) is 11.8 Å². The highest BCUT2D eigenvalue weighted by Gasteiger charge is 2.10. The molecule has 0 radical (unpaired) electrons. The Kier molecular flexibility index (Phi) is 7.04. The number of amides is 1. The number of hydrogen-bond donors (Lipinski definition) is 1. The van der Waals surface area contributed by atoms with Gasteiger partial charge in [0.25, 0.3) is 5.91 Å². The van der Waals surface area contributed by atoms with Crippen LogP contribution in [0.25, 0.3) is 6.08 Å². The van der Waals surface area contributed by atoms with Gasteiger partial charge in [0.05, 0.1) is 3.57 Å². The number of anilines is 1. The lowest BCUT2D eigenvalue weighted by atomic mass is 10.1. The standard InChI is InChI=1S/C24H19IN2O2/c1-17-7-9-18(10-8-17)16-29-23-12-11-19(14-22(23)25)13-20(15-26)24(28)27-21-5-3-2-4-6-21/h2-14H,16H2,1H3,(H,27,28)/b20-13-. The molecule has 0 saturated heterocycles. The maximum Gasteiger partial charge on any atom is 0.266 e. The van der Waals surface area contributed by atoms with Gasteiger partial charge < -0.3 is 10.1 Å². The highest BCUT2D eigenvalue weighted by Crippen LogP contribution is 2.24. The Morgan fingerprint density at radius 3 is 2.48 bits per heavy atom. The van der Waals surface area contributed by atoms with Crippen molar-refractivity contribution in [1.82, 2.24) is 0 Å². The molecule has 0 aromatic heterocycles. The molecule has 0 aliphatic heterocycles. The van der Waals surface area contributed by atoms with Gasteiger partial charge in [-0.2, -0.15) is 5.26 Å². The first-order valence-electron chi connectivity index (χ1n) is 9.01. The first-order chi connectivity index (χ1) is 14.0. The predicted octanol–water partition coefficient (Wildman–Crippen LogP) is 5.72. The number of nitrogens with zero attached hydrogens (tertiary/aromatic N) is 1. The molecule has 0 spiro atoms. The molecule has 0 aliphatic rings. The van der Waals surface area contributed by atoms with Crippen LogP contribution < -0.4 is 10.1 Å². The fraction of sp³-hybridized carbons (Fsp3) is 0.0833. The zero-order chi connectivity index (χ0) is 20.6. The first kappa shape index (κ1) is 20.6. The summed E-state index contributed by atoms with van der Waals surface area (Å²) in [5, 5.41) is 12.1. The summed E-state index contributed by atoms with van der Waals surface area (Å²) in [7, 11) is 0. The fourth-order valence-electron chi connectivity index (χ4n) is 2.60. The smallest absolute Gasteiger partial charge is 0.266 e. The second kappa shape index (κ2) is 9.89. The number of rotatable bonds is 6. The monoisotopic (exact) mass is 494 g/mol. The highest BCUT2D eigenvalue weighted by molar-refractivity contribution is 14.1. The van der Waals surface area contributed by atoms with Crippen LogP contribution in [0.3, 0.4) is 0 Å². The van der Waals surface area contributed by atoms with Crippen LogP contribution in [-0.4, -0.2) is 5.91 Å². The van der Waals surface area contributed by atoms with E-state index in [0.29, 0.717) is 12.3 Å². The van der Waals surface area contributed by atoms with Crippen LogP contribution in [-0.2, 0) is 11.4 Å². The van der Waals surface area contributed by atoms with E-state index in [1.54, 1.807) is 18.2 Å². The number of carbonyl (C=O) groups excluding carboxylic acids is 1. The van der Waals surface area contributed by atoms with Crippen molar-refractivity contribution >= 4 is 40.3 Å². The molecule has 5 heteroatoms. The van der Waals surface area contributed by atoms with E-state index in [4.69, 9.17) is 4.74 Å². The van der Waals surface area contributed by atoms with Gasteiger partial charge in [0.2, 0.25) is 0 Å². The van der Waals surface area contributed by atoms with Gasteiger partial charge in [0.15, 0.2) is 0 Å². The van der Waals surface area contributed by atoms with Gasteiger partial charge in [0.1, 0.15) is 24.0 Å². The Labute approximate surface area is 184 Å². The van der Waals surface area contributed by atoms with Gasteiger partial charge in [-0.3, -0.25) is 4.79 Å². The van der Waals surface area contributed by atoms with Gasteiger partial charge in [-0.05, 0) is 71.0 Å². The minimum Gasteiger partial charge on any atom is -0.488 e. The largest absolute Gasteiger partial charge is 0.488 e. The molecule has 144 valence electrons. The van der Waals surface area contributed by atoms with Gasteiger partial charge in [-0.15, -0.1) is 0 Å². The van der Waals surface area contributed by atoms with E-state index in [0.717, 1.165) is 20.4 Å². The third-order valence-corrected chi connectivity index (χ3v) is 5.02. The summed E-state index contributed by atoms with van der Waals surface area (Å²) < 4.78 is 6.81. The number of halogens is 1. The van der Waals surface area contributed by atoms with Crippen LogP contribution in [0.4, 0.5) is 5.69 Å². The lowest BCUT2D eigenvalue weighted by Gasteiger charge is -2.09. The molecular formula is C24H19IN2O2. The molecule has 29 heavy (non-hydrogen) atoms. The number of carbonyl (C=O) groups is 1. The van der Waals surface area contributed by atoms with Crippen LogP contribution in [0, 0.1) is 21.8 Å². The predicted molar refractivity (Wildman–Crippen MR) is 123 cm³/mol. The molecule has 0 aliphatic carbocycles. The number of ether oxygens (including phenoxy) is 1. The van der Waals surface area contributed by atoms with Crippen molar-refractivity contribution in [3.05, 3.63) is 98.6 Å². The number of nitriles is 1. The van der Waals surface area contributed by atoms with Gasteiger partial charge in [0, 0.05) is 5.69 Å². The lowest BCUT2D eigenvalue weighted by Crippen LogP contribution is -2.13. The average Bonchev–Trinajstić information content (AvgIpc) is 2.73. The summed E-state index contributed by atoms with van der Waals surface area (Å²) in [5.74, 6) is 0.323. The average molecular weight is 494 g/mol. The van der Waals surface area contributed by atoms with E-state index in [-0.39, 0.29) is 5.57 Å². The summed E-state index contributed by atoms with van der Waals surface area (Å²) in [6, 6.07) is 24.8. The fourth-order valence-corrected chi connectivity index (χ4v) is 3.30. The first-order valence-corrected chi connectivity index (χ1v) is 10.1. The Balaban J connectivity index is 1.70. The van der Waals surface area contributed by atoms with Crippen molar-refractivity contribution in [3.63, 3.8) is 0 Å². The van der Waals surface area contributed by atoms with Gasteiger partial charge in [-0.1, -0.05) is 54.1 Å². The van der Waals surface area contributed by atoms with Gasteiger partial charge in [-0.25, -0.2) is 0 Å². The summed E-state index contributed by atoms with van der Waals surface area (Å²) in [4.78, 5) is 12.4. The molecular weight excluding hydrogens is 475 g/mol. The SMILES string of the molecule is Cc1ccc(COc2ccc(/C=C(/C#N)C(=O)Nc3ccccc3)cc2I)cc1. The van der Waals surface area contributed by atoms with Gasteiger partial charge >= 0.3 is 0 Å². The minimum atomic E-state index is -0.437. The lowest BCUT2D eigenvalue weighted by molar-refractivity contribution is -0.112. The van der Waals surface area contributed by atoms with Crippen LogP contribution in [0.1, 0.15) is 16.7 Å². The molecule has 0 heterocycles. The maximum atomic E-state index is 12.4. The third kappa shape index (κ3) is 5.93. The second-order valence-corrected chi connectivity index (χ2v) is 7.62. The quantitative estimate of drug-likeness (QED) is 0.271. The van der Waals surface area contributed by atoms with E-state index in [1.807, 2.05) is 54.6 Å². The van der Waals surface area contributed by atoms with E-state index in [1.165, 1.54) is 5.56 Å². The third-order valence-electron chi connectivity index (χ3n) is 4.18. The Morgan fingerprint density at radius 1 is 1.10 bits per heavy atom. The van der Waals surface area contributed by atoms with Crippen LogP contribution >= 0.6 is 22.6 Å². The molecule has 3 rings (SSSR count). The van der Waals surface area contributed by atoms with Crippen molar-refractivity contribution < 1.29 is 9.53 Å². The van der Waals surface area contributed by atoms with E-state index in [2.05, 4.69) is 47.0 Å². The van der Waals surface area contributed by atoms with E-state index >= 15 is 0 Å². The molecule has 1 amide bonds.